The second-order valence-corrected chi connectivity index (χ2v) is 11.2. The minimum atomic E-state index is -0.855. The lowest BCUT2D eigenvalue weighted by molar-refractivity contribution is -0.162. The van der Waals surface area contributed by atoms with Gasteiger partial charge in [0, 0.05) is 17.4 Å². The molecule has 2 aliphatic heterocycles. The van der Waals surface area contributed by atoms with Gasteiger partial charge in [-0.15, -0.1) is 0 Å². The van der Waals surface area contributed by atoms with Crippen LogP contribution < -0.4 is 0 Å². The van der Waals surface area contributed by atoms with Crippen molar-refractivity contribution in [2.75, 3.05) is 7.11 Å². The molecule has 1 saturated heterocycles. The van der Waals surface area contributed by atoms with E-state index in [1.54, 1.807) is 12.5 Å². The summed E-state index contributed by atoms with van der Waals surface area (Å²) in [4.78, 5) is 24.7. The van der Waals surface area contributed by atoms with Crippen LogP contribution in [-0.4, -0.2) is 47.1 Å². The van der Waals surface area contributed by atoms with Gasteiger partial charge in [-0.3, -0.25) is 4.79 Å². The Balaban J connectivity index is 1.53. The molecule has 33 heavy (non-hydrogen) atoms. The Bertz CT molecular complexity index is 981. The number of cyclic esters (lactones) is 1. The molecule has 5 rings (SSSR count). The van der Waals surface area contributed by atoms with E-state index < -0.39 is 28.9 Å². The summed E-state index contributed by atoms with van der Waals surface area (Å²) in [6.45, 7) is 8.04. The number of carbonyl (C=O) groups is 2. The van der Waals surface area contributed by atoms with E-state index in [9.17, 15) is 14.7 Å². The predicted octanol–water partition coefficient (Wildman–Crippen LogP) is 3.76. The van der Waals surface area contributed by atoms with Crippen molar-refractivity contribution >= 4 is 11.9 Å². The molecule has 0 amide bonds. The fourth-order valence-corrected chi connectivity index (χ4v) is 7.87. The molecule has 1 aromatic heterocycles. The van der Waals surface area contributed by atoms with Gasteiger partial charge >= 0.3 is 11.9 Å². The van der Waals surface area contributed by atoms with Crippen LogP contribution in [0.3, 0.4) is 0 Å². The first-order valence-corrected chi connectivity index (χ1v) is 11.9. The van der Waals surface area contributed by atoms with Gasteiger partial charge in [0.05, 0.1) is 32.2 Å². The summed E-state index contributed by atoms with van der Waals surface area (Å²) < 4.78 is 22.7. The highest BCUT2D eigenvalue weighted by molar-refractivity contribution is 5.83. The molecule has 2 saturated carbocycles. The molecular formula is C26H34O7. The van der Waals surface area contributed by atoms with Crippen LogP contribution in [0.1, 0.15) is 64.9 Å². The summed E-state index contributed by atoms with van der Waals surface area (Å²) in [6.07, 6.45) is 8.72. The molecule has 7 heteroatoms. The first-order chi connectivity index (χ1) is 15.5. The van der Waals surface area contributed by atoms with Crippen molar-refractivity contribution in [2.24, 2.45) is 23.2 Å². The zero-order valence-electron chi connectivity index (χ0n) is 20.0. The average molecular weight is 459 g/mol. The smallest absolute Gasteiger partial charge is 0.330 e. The normalized spacial score (nSPS) is 45.5. The van der Waals surface area contributed by atoms with E-state index in [1.165, 1.54) is 13.2 Å². The van der Waals surface area contributed by atoms with Crippen LogP contribution in [0.5, 0.6) is 0 Å². The lowest BCUT2D eigenvalue weighted by atomic mass is 9.53. The minimum absolute atomic E-state index is 0.0167. The molecule has 7 nitrogen and oxygen atoms in total. The van der Waals surface area contributed by atoms with Crippen molar-refractivity contribution in [3.63, 3.8) is 0 Å². The van der Waals surface area contributed by atoms with Gasteiger partial charge in [0.15, 0.2) is 0 Å². The molecule has 1 aromatic rings. The highest BCUT2D eigenvalue weighted by Crippen LogP contribution is 2.77. The number of ether oxygens (including phenoxy) is 3. The number of hydrogen-bond acceptors (Lipinski definition) is 7. The van der Waals surface area contributed by atoms with E-state index in [2.05, 4.69) is 13.8 Å². The highest BCUT2D eigenvalue weighted by atomic mass is 16.6. The quantitative estimate of drug-likeness (QED) is 0.542. The molecule has 0 bridgehead atoms. The maximum absolute atomic E-state index is 12.4. The number of furan rings is 1. The fraction of sp³-hybridized carbons (Fsp3) is 0.692. The van der Waals surface area contributed by atoms with Crippen LogP contribution in [0, 0.1) is 23.2 Å². The minimum Gasteiger partial charge on any atom is -0.472 e. The first kappa shape index (κ1) is 22.7. The molecule has 3 fully saturated rings. The van der Waals surface area contributed by atoms with Gasteiger partial charge in [-0.05, 0) is 69.4 Å². The number of methoxy groups -OCH3 is 1. The molecule has 0 radical (unpaired) electrons. The van der Waals surface area contributed by atoms with Gasteiger partial charge < -0.3 is 23.7 Å². The third-order valence-corrected chi connectivity index (χ3v) is 9.50. The monoisotopic (exact) mass is 458 g/mol. The van der Waals surface area contributed by atoms with Gasteiger partial charge in [0.25, 0.3) is 0 Å². The van der Waals surface area contributed by atoms with Crippen molar-refractivity contribution in [1.29, 1.82) is 0 Å². The average Bonchev–Trinajstić information content (AvgIpc) is 3.06. The van der Waals surface area contributed by atoms with E-state index >= 15 is 0 Å². The van der Waals surface area contributed by atoms with Crippen molar-refractivity contribution in [3.8, 4) is 0 Å². The number of carbonyl (C=O) groups excluding carboxylic acids is 2. The van der Waals surface area contributed by atoms with E-state index in [4.69, 9.17) is 18.6 Å². The van der Waals surface area contributed by atoms with Crippen molar-refractivity contribution in [3.05, 3.63) is 36.3 Å². The summed E-state index contributed by atoms with van der Waals surface area (Å²) in [5, 5.41) is 11.4. The van der Waals surface area contributed by atoms with E-state index in [0.29, 0.717) is 6.42 Å². The molecule has 8 atom stereocenters. The molecule has 1 spiro atoms. The lowest BCUT2D eigenvalue weighted by Gasteiger charge is -2.47. The summed E-state index contributed by atoms with van der Waals surface area (Å²) in [6, 6.07) is 1.99. The van der Waals surface area contributed by atoms with Crippen LogP contribution in [0.2, 0.25) is 0 Å². The van der Waals surface area contributed by atoms with E-state index in [0.717, 1.165) is 18.4 Å². The summed E-state index contributed by atoms with van der Waals surface area (Å²) in [5.74, 6) is -0.991. The van der Waals surface area contributed by atoms with Crippen molar-refractivity contribution < 1.29 is 33.3 Å². The van der Waals surface area contributed by atoms with E-state index in [-0.39, 0.29) is 41.5 Å². The predicted molar refractivity (Wildman–Crippen MR) is 118 cm³/mol. The Kier molecular flexibility index (Phi) is 4.94. The summed E-state index contributed by atoms with van der Waals surface area (Å²) >= 11 is 0. The van der Waals surface area contributed by atoms with Crippen molar-refractivity contribution in [2.45, 2.75) is 82.2 Å². The standard InChI is InChI=1S/C26H34O7/c1-23(2)19(13-22(29)30-5)16(6-7-21(28)32-23)17-8-10-24(3)18(15-9-11-31-14-15)12-20(27)26(24)25(17,4)33-26/h6-7,9,11,14,16-20,27H,8,10,12-13H2,1-5H3/t16-,17-,18+,19-,20-,24+,25-,26+/m1/s1. The molecular weight excluding hydrogens is 424 g/mol. The number of hydrogen-bond donors (Lipinski definition) is 1. The molecule has 180 valence electrons. The van der Waals surface area contributed by atoms with Crippen LogP contribution >= 0.6 is 0 Å². The maximum atomic E-state index is 12.4. The number of esters is 2. The molecule has 0 aromatic carbocycles. The number of allylic oxidation sites excluding steroid dienone is 1. The van der Waals surface area contributed by atoms with Crippen LogP contribution in [-0.2, 0) is 23.8 Å². The van der Waals surface area contributed by atoms with Gasteiger partial charge in [-0.1, -0.05) is 13.0 Å². The Morgan fingerprint density at radius 1 is 1.27 bits per heavy atom. The van der Waals surface area contributed by atoms with Gasteiger partial charge in [-0.25, -0.2) is 4.79 Å². The Labute approximate surface area is 194 Å². The zero-order valence-corrected chi connectivity index (χ0v) is 20.0. The Morgan fingerprint density at radius 3 is 2.70 bits per heavy atom. The van der Waals surface area contributed by atoms with Crippen LogP contribution in [0.4, 0.5) is 0 Å². The number of epoxide rings is 1. The number of aliphatic hydroxyl groups excluding tert-OH is 1. The fourth-order valence-electron chi connectivity index (χ4n) is 7.87. The molecule has 1 N–H and O–H groups in total. The van der Waals surface area contributed by atoms with Crippen LogP contribution in [0.15, 0.2) is 35.2 Å². The van der Waals surface area contributed by atoms with Crippen LogP contribution in [0.25, 0.3) is 0 Å². The zero-order chi connectivity index (χ0) is 23.8. The molecule has 2 aliphatic carbocycles. The van der Waals surface area contributed by atoms with Gasteiger partial charge in [0.2, 0.25) is 0 Å². The highest BCUT2D eigenvalue weighted by Gasteiger charge is 2.86. The lowest BCUT2D eigenvalue weighted by Crippen LogP contribution is -2.54. The third kappa shape index (κ3) is 2.94. The molecule has 0 unspecified atom stereocenters. The Hall–Kier alpha value is -2.12. The van der Waals surface area contributed by atoms with E-state index in [1.807, 2.05) is 26.0 Å². The SMILES string of the molecule is COC(=O)C[C@@H]1[C@@H]([C@H]2CC[C@@]3(C)[C@H](c4ccoc4)C[C@@H](O)[C@]34O[C@]24C)C=CC(=O)OC1(C)C. The summed E-state index contributed by atoms with van der Waals surface area (Å²) in [5.41, 5.74) is -1.24. The number of rotatable bonds is 4. The Morgan fingerprint density at radius 2 is 2.03 bits per heavy atom. The van der Waals surface area contributed by atoms with Gasteiger partial charge in [0.1, 0.15) is 16.8 Å². The number of aliphatic hydroxyl groups is 1. The molecule has 4 aliphatic rings. The molecule has 3 heterocycles. The summed E-state index contributed by atoms with van der Waals surface area (Å²) in [7, 11) is 1.38. The maximum Gasteiger partial charge on any atom is 0.330 e. The van der Waals surface area contributed by atoms with Crippen molar-refractivity contribution in [1.82, 2.24) is 0 Å². The third-order valence-electron chi connectivity index (χ3n) is 9.50. The largest absolute Gasteiger partial charge is 0.472 e. The second-order valence-electron chi connectivity index (χ2n) is 11.2. The topological polar surface area (TPSA) is 98.5 Å². The van der Waals surface area contributed by atoms with Gasteiger partial charge in [-0.2, -0.15) is 0 Å². The first-order valence-electron chi connectivity index (χ1n) is 11.9. The second kappa shape index (κ2) is 7.19.